The van der Waals surface area contributed by atoms with Crippen molar-refractivity contribution in [3.05, 3.63) is 51.3 Å². The number of hydrogen-bond donors (Lipinski definition) is 1. The van der Waals surface area contributed by atoms with Gasteiger partial charge in [0.25, 0.3) is 5.91 Å². The van der Waals surface area contributed by atoms with Crippen molar-refractivity contribution in [1.82, 2.24) is 14.8 Å². The molecular formula is C18H17BrN4O3. The first-order valence-corrected chi connectivity index (χ1v) is 8.61. The number of halogens is 1. The summed E-state index contributed by atoms with van der Waals surface area (Å²) >= 11 is 3.32. The topological polar surface area (TPSA) is 86.1 Å². The largest absolute Gasteiger partial charge is 0.465 e. The average molecular weight is 417 g/mol. The lowest BCUT2D eigenvalue weighted by molar-refractivity contribution is 0.0602. The van der Waals surface area contributed by atoms with Gasteiger partial charge in [0, 0.05) is 17.2 Å². The number of nitrogens with zero attached hydrogens (tertiary/aromatic N) is 3. The second-order valence-corrected chi connectivity index (χ2v) is 6.77. The van der Waals surface area contributed by atoms with E-state index in [4.69, 9.17) is 4.74 Å². The number of amides is 1. The van der Waals surface area contributed by atoms with Crippen molar-refractivity contribution < 1.29 is 14.3 Å². The number of nitrogens with one attached hydrogen (secondary N) is 1. The summed E-state index contributed by atoms with van der Waals surface area (Å²) in [5.74, 6) is -0.876. The number of ether oxygens (including phenoxy) is 1. The van der Waals surface area contributed by atoms with Crippen LogP contribution in [-0.4, -0.2) is 33.8 Å². The number of aromatic nitrogens is 3. The van der Waals surface area contributed by atoms with Crippen LogP contribution in [0.5, 0.6) is 0 Å². The quantitative estimate of drug-likeness (QED) is 0.661. The van der Waals surface area contributed by atoms with E-state index < -0.39 is 5.97 Å². The highest BCUT2D eigenvalue weighted by molar-refractivity contribution is 9.10. The molecule has 3 aromatic rings. The minimum atomic E-state index is -0.532. The molecule has 1 N–H and O–H groups in total. The van der Waals surface area contributed by atoms with Crippen molar-refractivity contribution in [1.29, 1.82) is 0 Å². The van der Waals surface area contributed by atoms with Gasteiger partial charge in [0.15, 0.2) is 5.65 Å². The van der Waals surface area contributed by atoms with Gasteiger partial charge in [-0.1, -0.05) is 15.9 Å². The highest BCUT2D eigenvalue weighted by Crippen LogP contribution is 2.25. The Balaban J connectivity index is 2.08. The molecule has 0 aliphatic carbocycles. The molecule has 0 saturated carbocycles. The number of carbonyl (C=O) groups is 2. The molecule has 0 fully saturated rings. The number of pyridine rings is 1. The minimum Gasteiger partial charge on any atom is -0.465 e. The van der Waals surface area contributed by atoms with Gasteiger partial charge in [0.2, 0.25) is 0 Å². The van der Waals surface area contributed by atoms with Crippen molar-refractivity contribution in [2.75, 3.05) is 12.4 Å². The van der Waals surface area contributed by atoms with Gasteiger partial charge < -0.3 is 10.1 Å². The zero-order valence-corrected chi connectivity index (χ0v) is 16.3. The summed E-state index contributed by atoms with van der Waals surface area (Å²) in [5.41, 5.74) is 3.14. The number of rotatable bonds is 3. The molecule has 7 nitrogen and oxygen atoms in total. The molecule has 0 radical (unpaired) electrons. The lowest BCUT2D eigenvalue weighted by Crippen LogP contribution is -2.16. The van der Waals surface area contributed by atoms with E-state index in [0.29, 0.717) is 38.1 Å². The van der Waals surface area contributed by atoms with E-state index in [-0.39, 0.29) is 11.5 Å². The van der Waals surface area contributed by atoms with Crippen molar-refractivity contribution in [2.45, 2.75) is 13.8 Å². The molecule has 0 unspecified atom stereocenters. The normalized spacial score (nSPS) is 10.8. The third kappa shape index (κ3) is 3.20. The Kier molecular flexibility index (Phi) is 4.78. The summed E-state index contributed by atoms with van der Waals surface area (Å²) in [6, 6.07) is 6.70. The van der Waals surface area contributed by atoms with Gasteiger partial charge in [-0.25, -0.2) is 9.78 Å². The summed E-state index contributed by atoms with van der Waals surface area (Å²) in [6.45, 7) is 3.65. The highest BCUT2D eigenvalue weighted by atomic mass is 79.9. The lowest BCUT2D eigenvalue weighted by Gasteiger charge is -2.11. The summed E-state index contributed by atoms with van der Waals surface area (Å²) in [6.07, 6.45) is 0. The average Bonchev–Trinajstić information content (AvgIpc) is 2.89. The van der Waals surface area contributed by atoms with Gasteiger partial charge >= 0.3 is 5.97 Å². The number of fused-ring (bicyclic) bond motifs is 1. The number of anilines is 1. The molecule has 0 bridgehead atoms. The van der Waals surface area contributed by atoms with Crippen molar-refractivity contribution >= 4 is 44.5 Å². The molecule has 2 heterocycles. The van der Waals surface area contributed by atoms with Crippen LogP contribution >= 0.6 is 15.9 Å². The first kappa shape index (κ1) is 18.1. The summed E-state index contributed by atoms with van der Waals surface area (Å²) in [5, 5.41) is 7.83. The molecule has 0 aliphatic rings. The lowest BCUT2D eigenvalue weighted by atomic mass is 10.1. The van der Waals surface area contributed by atoms with Crippen LogP contribution in [-0.2, 0) is 11.8 Å². The van der Waals surface area contributed by atoms with Crippen LogP contribution in [0.1, 0.15) is 32.1 Å². The maximum atomic E-state index is 13.0. The fourth-order valence-corrected chi connectivity index (χ4v) is 3.20. The third-order valence-corrected chi connectivity index (χ3v) is 4.47. The second kappa shape index (κ2) is 6.87. The fourth-order valence-electron chi connectivity index (χ4n) is 2.84. The maximum absolute atomic E-state index is 13.0. The Morgan fingerprint density at radius 1 is 1.19 bits per heavy atom. The molecule has 26 heavy (non-hydrogen) atoms. The predicted octanol–water partition coefficient (Wildman–Crippen LogP) is 3.39. The monoisotopic (exact) mass is 416 g/mol. The third-order valence-electron chi connectivity index (χ3n) is 3.98. The summed E-state index contributed by atoms with van der Waals surface area (Å²) in [4.78, 5) is 29.4. The number of aryl methyl sites for hydroxylation is 3. The predicted molar refractivity (Wildman–Crippen MR) is 101 cm³/mol. The molecule has 1 amide bonds. The van der Waals surface area contributed by atoms with Crippen LogP contribution in [0, 0.1) is 13.8 Å². The molecular weight excluding hydrogens is 400 g/mol. The molecule has 8 heteroatoms. The smallest absolute Gasteiger partial charge is 0.340 e. The Bertz CT molecular complexity index is 1040. The first-order valence-electron chi connectivity index (χ1n) is 7.82. The number of methoxy groups -OCH3 is 1. The number of carbonyl (C=O) groups excluding carboxylic acids is 2. The van der Waals surface area contributed by atoms with Gasteiger partial charge in [0.1, 0.15) is 0 Å². The van der Waals surface area contributed by atoms with Gasteiger partial charge in [0.05, 0.1) is 35.0 Å². The van der Waals surface area contributed by atoms with E-state index in [0.717, 1.165) is 0 Å². The van der Waals surface area contributed by atoms with Crippen molar-refractivity contribution in [2.24, 2.45) is 7.05 Å². The van der Waals surface area contributed by atoms with E-state index in [1.54, 1.807) is 36.0 Å². The van der Waals surface area contributed by atoms with Crippen LogP contribution in [0.3, 0.4) is 0 Å². The fraction of sp³-hybridized carbons (Fsp3) is 0.222. The molecule has 0 atom stereocenters. The molecule has 1 aromatic carbocycles. The van der Waals surface area contributed by atoms with Crippen molar-refractivity contribution in [3.63, 3.8) is 0 Å². The van der Waals surface area contributed by atoms with Gasteiger partial charge in [-0.3, -0.25) is 9.48 Å². The Morgan fingerprint density at radius 3 is 2.62 bits per heavy atom. The Labute approximate surface area is 158 Å². The van der Waals surface area contributed by atoms with E-state index >= 15 is 0 Å². The molecule has 134 valence electrons. The van der Waals surface area contributed by atoms with Crippen LogP contribution in [0.4, 0.5) is 5.69 Å². The van der Waals surface area contributed by atoms with Crippen LogP contribution < -0.4 is 5.32 Å². The van der Waals surface area contributed by atoms with Gasteiger partial charge in [-0.05, 0) is 38.1 Å². The standard InChI is InChI=1S/C18H17BrN4O3/c1-9-7-13(15-10(2)22-23(3)16(15)20-9)17(24)21-14-6-5-11(19)8-12(14)18(25)26-4/h5-8H,1-4H3,(H,21,24). The van der Waals surface area contributed by atoms with Crippen LogP contribution in [0.2, 0.25) is 0 Å². The number of benzene rings is 1. The maximum Gasteiger partial charge on any atom is 0.340 e. The molecule has 2 aromatic heterocycles. The van der Waals surface area contributed by atoms with Gasteiger partial charge in [-0.2, -0.15) is 5.10 Å². The Hall–Kier alpha value is -2.74. The van der Waals surface area contributed by atoms with Crippen LogP contribution in [0.25, 0.3) is 11.0 Å². The number of hydrogen-bond acceptors (Lipinski definition) is 5. The highest BCUT2D eigenvalue weighted by Gasteiger charge is 2.20. The zero-order valence-electron chi connectivity index (χ0n) is 14.8. The van der Waals surface area contributed by atoms with Crippen LogP contribution in [0.15, 0.2) is 28.7 Å². The molecule has 3 rings (SSSR count). The van der Waals surface area contributed by atoms with E-state index in [2.05, 4.69) is 31.3 Å². The first-order chi connectivity index (χ1) is 12.3. The molecule has 0 saturated heterocycles. The van der Waals surface area contributed by atoms with Crippen molar-refractivity contribution in [3.8, 4) is 0 Å². The zero-order chi connectivity index (χ0) is 19.0. The number of esters is 1. The minimum absolute atomic E-state index is 0.264. The Morgan fingerprint density at radius 2 is 1.92 bits per heavy atom. The molecule has 0 spiro atoms. The second-order valence-electron chi connectivity index (χ2n) is 5.85. The van der Waals surface area contributed by atoms with E-state index in [9.17, 15) is 9.59 Å². The summed E-state index contributed by atoms with van der Waals surface area (Å²) in [7, 11) is 3.08. The SMILES string of the molecule is COC(=O)c1cc(Br)ccc1NC(=O)c1cc(C)nc2c1c(C)nn2C. The van der Waals surface area contributed by atoms with Gasteiger partial charge in [-0.15, -0.1) is 0 Å². The van der Waals surface area contributed by atoms with E-state index in [1.807, 2.05) is 13.8 Å². The summed E-state index contributed by atoms with van der Waals surface area (Å²) < 4.78 is 7.15. The van der Waals surface area contributed by atoms with E-state index in [1.165, 1.54) is 7.11 Å². The molecule has 0 aliphatic heterocycles.